The molecule has 3 heteroatoms. The second-order valence-corrected chi connectivity index (χ2v) is 4.68. The third-order valence-corrected chi connectivity index (χ3v) is 2.37. The van der Waals surface area contributed by atoms with E-state index < -0.39 is 0 Å². The monoisotopic (exact) mass is 259 g/mol. The van der Waals surface area contributed by atoms with Crippen molar-refractivity contribution in [2.45, 2.75) is 20.4 Å². The lowest BCUT2D eigenvalue weighted by Crippen LogP contribution is -2.19. The van der Waals surface area contributed by atoms with E-state index in [1.54, 1.807) is 6.07 Å². The lowest BCUT2D eigenvalue weighted by atomic mass is 10.2. The average molecular weight is 260 g/mol. The molecule has 0 amide bonds. The Morgan fingerprint density at radius 2 is 2.14 bits per heavy atom. The van der Waals surface area contributed by atoms with E-state index in [1.165, 1.54) is 6.07 Å². The van der Waals surface area contributed by atoms with Crippen molar-refractivity contribution in [2.75, 3.05) is 6.54 Å². The zero-order valence-corrected chi connectivity index (χ0v) is 10.1. The molecule has 1 nitrogen and oxygen atoms in total. The molecule has 0 saturated heterocycles. The van der Waals surface area contributed by atoms with Crippen molar-refractivity contribution < 1.29 is 4.39 Å². The van der Waals surface area contributed by atoms with E-state index in [2.05, 4.69) is 35.1 Å². The maximum Gasteiger partial charge on any atom is 0.127 e. The van der Waals surface area contributed by atoms with Crippen LogP contribution in [0.5, 0.6) is 0 Å². The van der Waals surface area contributed by atoms with Gasteiger partial charge < -0.3 is 5.32 Å². The highest BCUT2D eigenvalue weighted by atomic mass is 79.9. The molecule has 0 atom stereocenters. The summed E-state index contributed by atoms with van der Waals surface area (Å²) >= 11 is 3.32. The molecule has 0 radical (unpaired) electrons. The van der Waals surface area contributed by atoms with Crippen molar-refractivity contribution >= 4 is 15.9 Å². The first-order valence-electron chi connectivity index (χ1n) is 4.74. The van der Waals surface area contributed by atoms with E-state index in [9.17, 15) is 4.39 Å². The van der Waals surface area contributed by atoms with Crippen LogP contribution >= 0.6 is 15.9 Å². The third-order valence-electron chi connectivity index (χ3n) is 1.88. The van der Waals surface area contributed by atoms with E-state index in [-0.39, 0.29) is 5.82 Å². The first-order chi connectivity index (χ1) is 6.59. The molecule has 0 aliphatic carbocycles. The van der Waals surface area contributed by atoms with Gasteiger partial charge in [0.15, 0.2) is 0 Å². The van der Waals surface area contributed by atoms with E-state index in [4.69, 9.17) is 0 Å². The predicted molar refractivity (Wildman–Crippen MR) is 60.6 cm³/mol. The average Bonchev–Trinajstić information content (AvgIpc) is 2.10. The Hall–Kier alpha value is -0.410. The standard InChI is InChI=1S/C11H15BrFN/c1-8(2)6-14-7-9-5-10(12)3-4-11(9)13/h3-5,8,14H,6-7H2,1-2H3. The van der Waals surface area contributed by atoms with Crippen LogP contribution in [0.25, 0.3) is 0 Å². The highest BCUT2D eigenvalue weighted by Gasteiger charge is 2.02. The summed E-state index contributed by atoms with van der Waals surface area (Å²) in [4.78, 5) is 0. The highest BCUT2D eigenvalue weighted by molar-refractivity contribution is 9.10. The molecule has 0 aromatic heterocycles. The fourth-order valence-corrected chi connectivity index (χ4v) is 1.58. The fourth-order valence-electron chi connectivity index (χ4n) is 1.17. The minimum absolute atomic E-state index is 0.149. The topological polar surface area (TPSA) is 12.0 Å². The number of nitrogens with one attached hydrogen (secondary N) is 1. The summed E-state index contributed by atoms with van der Waals surface area (Å²) in [5, 5.41) is 3.21. The van der Waals surface area contributed by atoms with Crippen LogP contribution in [0.1, 0.15) is 19.4 Å². The second kappa shape index (κ2) is 5.47. The number of rotatable bonds is 4. The van der Waals surface area contributed by atoms with Crippen molar-refractivity contribution in [1.29, 1.82) is 0 Å². The van der Waals surface area contributed by atoms with Crippen molar-refractivity contribution in [2.24, 2.45) is 5.92 Å². The summed E-state index contributed by atoms with van der Waals surface area (Å²) in [6.07, 6.45) is 0. The zero-order chi connectivity index (χ0) is 10.6. The lowest BCUT2D eigenvalue weighted by Gasteiger charge is -2.08. The summed E-state index contributed by atoms with van der Waals surface area (Å²) < 4.78 is 14.2. The maximum absolute atomic E-state index is 13.2. The van der Waals surface area contributed by atoms with Gasteiger partial charge in [-0.25, -0.2) is 4.39 Å². The van der Waals surface area contributed by atoms with Gasteiger partial charge in [0.2, 0.25) is 0 Å². The van der Waals surface area contributed by atoms with Crippen LogP contribution in [0.3, 0.4) is 0 Å². The van der Waals surface area contributed by atoms with Crippen LogP contribution in [0.2, 0.25) is 0 Å². The first-order valence-corrected chi connectivity index (χ1v) is 5.53. The molecule has 1 N–H and O–H groups in total. The van der Waals surface area contributed by atoms with Gasteiger partial charge in [0.05, 0.1) is 0 Å². The highest BCUT2D eigenvalue weighted by Crippen LogP contribution is 2.15. The number of hydrogen-bond acceptors (Lipinski definition) is 1. The van der Waals surface area contributed by atoms with Crippen LogP contribution < -0.4 is 5.32 Å². The predicted octanol–water partition coefficient (Wildman–Crippen LogP) is 3.33. The van der Waals surface area contributed by atoms with E-state index in [0.29, 0.717) is 18.0 Å². The quantitative estimate of drug-likeness (QED) is 0.875. The van der Waals surface area contributed by atoms with Gasteiger partial charge in [-0.05, 0) is 30.7 Å². The number of benzene rings is 1. The van der Waals surface area contributed by atoms with Crippen molar-refractivity contribution in [3.8, 4) is 0 Å². The molecule has 14 heavy (non-hydrogen) atoms. The van der Waals surface area contributed by atoms with E-state index in [0.717, 1.165) is 11.0 Å². The molecular formula is C11H15BrFN. The molecule has 0 aliphatic heterocycles. The Balaban J connectivity index is 2.53. The van der Waals surface area contributed by atoms with Crippen LogP contribution in [0.15, 0.2) is 22.7 Å². The summed E-state index contributed by atoms with van der Waals surface area (Å²) in [5.74, 6) is 0.440. The SMILES string of the molecule is CC(C)CNCc1cc(Br)ccc1F. The van der Waals surface area contributed by atoms with Crippen molar-refractivity contribution in [3.05, 3.63) is 34.1 Å². The van der Waals surface area contributed by atoms with E-state index in [1.807, 2.05) is 6.07 Å². The number of halogens is 2. The summed E-state index contributed by atoms with van der Waals surface area (Å²) in [5.41, 5.74) is 0.708. The minimum atomic E-state index is -0.149. The van der Waals surface area contributed by atoms with Crippen LogP contribution in [0.4, 0.5) is 4.39 Å². The summed E-state index contributed by atoms with van der Waals surface area (Å²) in [7, 11) is 0. The molecule has 0 saturated carbocycles. The van der Waals surface area contributed by atoms with Gasteiger partial charge in [-0.1, -0.05) is 29.8 Å². The molecule has 78 valence electrons. The van der Waals surface area contributed by atoms with Gasteiger partial charge in [-0.2, -0.15) is 0 Å². The maximum atomic E-state index is 13.2. The molecule has 0 bridgehead atoms. The van der Waals surface area contributed by atoms with E-state index >= 15 is 0 Å². The zero-order valence-electron chi connectivity index (χ0n) is 8.48. The first kappa shape index (κ1) is 11.7. The van der Waals surface area contributed by atoms with Gasteiger partial charge in [-0.15, -0.1) is 0 Å². The van der Waals surface area contributed by atoms with Crippen LogP contribution in [-0.2, 0) is 6.54 Å². The van der Waals surface area contributed by atoms with Crippen LogP contribution in [-0.4, -0.2) is 6.54 Å². The van der Waals surface area contributed by atoms with Gasteiger partial charge >= 0.3 is 0 Å². The Morgan fingerprint density at radius 1 is 1.43 bits per heavy atom. The molecule has 0 spiro atoms. The molecule has 0 unspecified atom stereocenters. The molecular weight excluding hydrogens is 245 g/mol. The van der Waals surface area contributed by atoms with Crippen molar-refractivity contribution in [1.82, 2.24) is 5.32 Å². The number of hydrogen-bond donors (Lipinski definition) is 1. The Morgan fingerprint density at radius 3 is 2.79 bits per heavy atom. The van der Waals surface area contributed by atoms with Gasteiger partial charge in [0.25, 0.3) is 0 Å². The largest absolute Gasteiger partial charge is 0.312 e. The molecule has 0 heterocycles. The minimum Gasteiger partial charge on any atom is -0.312 e. The fraction of sp³-hybridized carbons (Fsp3) is 0.455. The Bertz CT molecular complexity index is 299. The summed E-state index contributed by atoms with van der Waals surface area (Å²) in [6, 6.07) is 5.00. The smallest absolute Gasteiger partial charge is 0.127 e. The molecule has 0 fully saturated rings. The Labute approximate surface area is 92.8 Å². The summed E-state index contributed by atoms with van der Waals surface area (Å²) in [6.45, 7) is 5.75. The van der Waals surface area contributed by atoms with Crippen molar-refractivity contribution in [3.63, 3.8) is 0 Å². The lowest BCUT2D eigenvalue weighted by molar-refractivity contribution is 0.534. The molecule has 1 aromatic carbocycles. The molecule has 1 rings (SSSR count). The molecule has 1 aromatic rings. The van der Waals surface area contributed by atoms with Gasteiger partial charge in [0.1, 0.15) is 5.82 Å². The van der Waals surface area contributed by atoms with Crippen LogP contribution in [0, 0.1) is 11.7 Å². The Kier molecular flexibility index (Phi) is 4.55. The normalized spacial score (nSPS) is 10.9. The molecule has 0 aliphatic rings. The second-order valence-electron chi connectivity index (χ2n) is 3.76. The van der Waals surface area contributed by atoms with Gasteiger partial charge in [0, 0.05) is 16.6 Å². The third kappa shape index (κ3) is 3.76. The van der Waals surface area contributed by atoms with Gasteiger partial charge in [-0.3, -0.25) is 0 Å².